The minimum atomic E-state index is -0.356. The number of urea groups is 1. The van der Waals surface area contributed by atoms with E-state index >= 15 is 0 Å². The summed E-state index contributed by atoms with van der Waals surface area (Å²) in [5.41, 5.74) is 2.12. The first-order valence-electron chi connectivity index (χ1n) is 5.51. The van der Waals surface area contributed by atoms with Gasteiger partial charge in [-0.15, -0.1) is 0 Å². The number of anilines is 2. The van der Waals surface area contributed by atoms with Crippen molar-refractivity contribution in [3.63, 3.8) is 0 Å². The quantitative estimate of drug-likeness (QED) is 0.811. The zero-order chi connectivity index (χ0) is 13.8. The Kier molecular flexibility index (Phi) is 4.06. The van der Waals surface area contributed by atoms with Crippen LogP contribution in [-0.2, 0) is 0 Å². The van der Waals surface area contributed by atoms with Crippen LogP contribution in [0.4, 0.5) is 16.2 Å². The lowest BCUT2D eigenvalue weighted by molar-refractivity contribution is 0.262. The first-order valence-corrected chi connectivity index (χ1v) is 6.30. The Hall–Kier alpha value is -2.02. The summed E-state index contributed by atoms with van der Waals surface area (Å²) in [6, 6.07) is 3.33. The van der Waals surface area contributed by atoms with Gasteiger partial charge in [-0.25, -0.2) is 4.79 Å². The van der Waals surface area contributed by atoms with Crippen LogP contribution < -0.4 is 15.4 Å². The minimum Gasteiger partial charge on any atom is -0.495 e. The van der Waals surface area contributed by atoms with Gasteiger partial charge in [-0.2, -0.15) is 5.10 Å². The number of carbonyl (C=O) groups is 1. The number of methoxy groups -OCH3 is 1. The van der Waals surface area contributed by atoms with Gasteiger partial charge >= 0.3 is 6.03 Å². The largest absolute Gasteiger partial charge is 0.495 e. The molecule has 0 aliphatic rings. The first kappa shape index (κ1) is 13.4. The van der Waals surface area contributed by atoms with Crippen LogP contribution in [0.1, 0.15) is 5.56 Å². The highest BCUT2D eigenvalue weighted by molar-refractivity contribution is 9.10. The molecule has 1 aromatic heterocycles. The van der Waals surface area contributed by atoms with Gasteiger partial charge in [-0.3, -0.25) is 5.10 Å². The van der Waals surface area contributed by atoms with E-state index in [1.807, 2.05) is 13.0 Å². The van der Waals surface area contributed by atoms with Crippen LogP contribution in [0.2, 0.25) is 0 Å². The highest BCUT2D eigenvalue weighted by Crippen LogP contribution is 2.32. The molecule has 0 bridgehead atoms. The van der Waals surface area contributed by atoms with Crippen LogP contribution >= 0.6 is 15.9 Å². The number of aromatic nitrogens is 2. The van der Waals surface area contributed by atoms with Gasteiger partial charge in [0.25, 0.3) is 0 Å². The number of aromatic amines is 1. The molecule has 0 radical (unpaired) electrons. The second kappa shape index (κ2) is 5.75. The topological polar surface area (TPSA) is 79.0 Å². The van der Waals surface area contributed by atoms with Crippen molar-refractivity contribution in [1.29, 1.82) is 0 Å². The number of H-pyrrole nitrogens is 1. The molecule has 19 heavy (non-hydrogen) atoms. The lowest BCUT2D eigenvalue weighted by Gasteiger charge is -2.13. The molecule has 6 nitrogen and oxygen atoms in total. The van der Waals surface area contributed by atoms with Crippen LogP contribution in [0.25, 0.3) is 0 Å². The molecule has 2 amide bonds. The first-order chi connectivity index (χ1) is 9.10. The third-order valence-corrected chi connectivity index (χ3v) is 2.94. The van der Waals surface area contributed by atoms with Gasteiger partial charge in [0.2, 0.25) is 0 Å². The summed E-state index contributed by atoms with van der Waals surface area (Å²) in [6.45, 7) is 1.89. The summed E-state index contributed by atoms with van der Waals surface area (Å²) in [4.78, 5) is 11.9. The fraction of sp³-hybridized carbons (Fsp3) is 0.167. The Balaban J connectivity index is 2.16. The van der Waals surface area contributed by atoms with Crippen molar-refractivity contribution in [1.82, 2.24) is 10.2 Å². The Morgan fingerprint density at radius 3 is 2.84 bits per heavy atom. The molecular weight excluding hydrogens is 312 g/mol. The standard InChI is InChI=1S/C12H13BrN4O2/c1-7-3-8(13)4-10(19-2)11(7)17-12(18)16-9-5-14-15-6-9/h3-6H,1-2H3,(H,14,15)(H2,16,17,18). The number of nitrogens with one attached hydrogen (secondary N) is 3. The second-order valence-corrected chi connectivity index (χ2v) is 4.78. The molecule has 0 spiro atoms. The van der Waals surface area contributed by atoms with Gasteiger partial charge in [0.1, 0.15) is 5.75 Å². The van der Waals surface area contributed by atoms with Crippen molar-refractivity contribution >= 4 is 33.3 Å². The Bertz CT molecular complexity index is 584. The maximum absolute atomic E-state index is 11.9. The Morgan fingerprint density at radius 2 is 2.21 bits per heavy atom. The summed E-state index contributed by atoms with van der Waals surface area (Å²) < 4.78 is 6.14. The molecule has 3 N–H and O–H groups in total. The van der Waals surface area contributed by atoms with Gasteiger partial charge < -0.3 is 15.4 Å². The number of benzene rings is 1. The molecule has 2 aromatic rings. The molecule has 0 fully saturated rings. The predicted molar refractivity (Wildman–Crippen MR) is 76.7 cm³/mol. The molecule has 2 rings (SSSR count). The predicted octanol–water partition coefficient (Wildman–Crippen LogP) is 3.13. The molecule has 7 heteroatoms. The Morgan fingerprint density at radius 1 is 1.42 bits per heavy atom. The van der Waals surface area contributed by atoms with E-state index in [2.05, 4.69) is 36.8 Å². The molecule has 0 aliphatic heterocycles. The normalized spacial score (nSPS) is 10.1. The maximum Gasteiger partial charge on any atom is 0.323 e. The van der Waals surface area contributed by atoms with Gasteiger partial charge in [-0.1, -0.05) is 15.9 Å². The van der Waals surface area contributed by atoms with Gasteiger partial charge in [0.05, 0.1) is 24.7 Å². The third-order valence-electron chi connectivity index (χ3n) is 2.48. The fourth-order valence-corrected chi connectivity index (χ4v) is 2.18. The van der Waals surface area contributed by atoms with Gasteiger partial charge in [0, 0.05) is 10.7 Å². The van der Waals surface area contributed by atoms with Crippen molar-refractivity contribution in [3.05, 3.63) is 34.6 Å². The molecule has 0 atom stereocenters. The molecule has 0 aliphatic carbocycles. The molecule has 100 valence electrons. The minimum absolute atomic E-state index is 0.356. The van der Waals surface area contributed by atoms with E-state index in [1.54, 1.807) is 19.4 Å². The summed E-state index contributed by atoms with van der Waals surface area (Å²) >= 11 is 3.38. The number of ether oxygens (including phenoxy) is 1. The number of hydrogen-bond acceptors (Lipinski definition) is 3. The highest BCUT2D eigenvalue weighted by Gasteiger charge is 2.11. The van der Waals surface area contributed by atoms with E-state index in [0.717, 1.165) is 10.0 Å². The zero-order valence-electron chi connectivity index (χ0n) is 10.5. The number of hydrogen-bond donors (Lipinski definition) is 3. The van der Waals surface area contributed by atoms with Crippen LogP contribution in [0.5, 0.6) is 5.75 Å². The van der Waals surface area contributed by atoms with Crippen LogP contribution in [0.3, 0.4) is 0 Å². The number of aryl methyl sites for hydroxylation is 1. The monoisotopic (exact) mass is 324 g/mol. The summed E-state index contributed by atoms with van der Waals surface area (Å²) in [5.74, 6) is 0.592. The van der Waals surface area contributed by atoms with Crippen molar-refractivity contribution in [3.8, 4) is 5.75 Å². The number of nitrogens with zero attached hydrogens (tertiary/aromatic N) is 1. The summed E-state index contributed by atoms with van der Waals surface area (Å²) in [7, 11) is 1.56. The smallest absolute Gasteiger partial charge is 0.323 e. The molecule has 0 unspecified atom stereocenters. The lowest BCUT2D eigenvalue weighted by Crippen LogP contribution is -2.20. The summed E-state index contributed by atoms with van der Waals surface area (Å²) in [5, 5.41) is 11.8. The summed E-state index contributed by atoms with van der Waals surface area (Å²) in [6.07, 6.45) is 3.11. The van der Waals surface area contributed by atoms with E-state index < -0.39 is 0 Å². The van der Waals surface area contributed by atoms with Gasteiger partial charge in [-0.05, 0) is 24.6 Å². The van der Waals surface area contributed by atoms with Crippen LogP contribution in [0, 0.1) is 6.92 Å². The number of halogens is 1. The molecule has 0 saturated heterocycles. The van der Waals surface area contributed by atoms with E-state index in [0.29, 0.717) is 17.1 Å². The fourth-order valence-electron chi connectivity index (χ4n) is 1.63. The number of amides is 2. The second-order valence-electron chi connectivity index (χ2n) is 3.87. The van der Waals surface area contributed by atoms with Crippen molar-refractivity contribution < 1.29 is 9.53 Å². The number of rotatable bonds is 3. The van der Waals surface area contributed by atoms with Gasteiger partial charge in [0.15, 0.2) is 0 Å². The lowest BCUT2D eigenvalue weighted by atomic mass is 10.2. The molecular formula is C12H13BrN4O2. The maximum atomic E-state index is 11.9. The van der Waals surface area contributed by atoms with E-state index in [9.17, 15) is 4.79 Å². The average molecular weight is 325 g/mol. The van der Waals surface area contributed by atoms with Crippen molar-refractivity contribution in [2.45, 2.75) is 6.92 Å². The van der Waals surface area contributed by atoms with Crippen LogP contribution in [-0.4, -0.2) is 23.3 Å². The van der Waals surface area contributed by atoms with E-state index in [1.165, 1.54) is 6.20 Å². The van der Waals surface area contributed by atoms with Crippen LogP contribution in [0.15, 0.2) is 29.0 Å². The molecule has 1 aromatic carbocycles. The van der Waals surface area contributed by atoms with Crippen molar-refractivity contribution in [2.24, 2.45) is 0 Å². The average Bonchev–Trinajstić information content (AvgIpc) is 2.85. The SMILES string of the molecule is COc1cc(Br)cc(C)c1NC(=O)Nc1cn[nH]c1. The third kappa shape index (κ3) is 3.25. The highest BCUT2D eigenvalue weighted by atomic mass is 79.9. The molecule has 1 heterocycles. The number of carbonyl (C=O) groups excluding carboxylic acids is 1. The van der Waals surface area contributed by atoms with E-state index in [-0.39, 0.29) is 6.03 Å². The Labute approximate surface area is 118 Å². The molecule has 0 saturated carbocycles. The van der Waals surface area contributed by atoms with Crippen molar-refractivity contribution in [2.75, 3.05) is 17.7 Å². The van der Waals surface area contributed by atoms with E-state index in [4.69, 9.17) is 4.74 Å². The zero-order valence-corrected chi connectivity index (χ0v) is 12.0.